The van der Waals surface area contributed by atoms with Gasteiger partial charge in [0.05, 0.1) is 18.7 Å². The van der Waals surface area contributed by atoms with Crippen LogP contribution in [-0.4, -0.2) is 37.6 Å². The summed E-state index contributed by atoms with van der Waals surface area (Å²) in [6, 6.07) is 11.8. The fourth-order valence-corrected chi connectivity index (χ4v) is 3.09. The van der Waals surface area contributed by atoms with Gasteiger partial charge in [-0.1, -0.05) is 37.6 Å². The van der Waals surface area contributed by atoms with Crippen LogP contribution in [0, 0.1) is 5.82 Å². The molecule has 2 aromatic rings. The van der Waals surface area contributed by atoms with Crippen LogP contribution in [0.5, 0.6) is 5.75 Å². The topological polar surface area (TPSA) is 41.6 Å². The Morgan fingerprint density at radius 3 is 2.58 bits per heavy atom. The normalized spacial score (nSPS) is 12.1. The maximum Gasteiger partial charge on any atom is 0.254 e. The van der Waals surface area contributed by atoms with E-state index in [1.807, 2.05) is 24.3 Å². The van der Waals surface area contributed by atoms with Gasteiger partial charge in [0.2, 0.25) is 0 Å². The molecule has 6 heteroatoms. The second kappa shape index (κ2) is 9.55. The quantitative estimate of drug-likeness (QED) is 0.744. The van der Waals surface area contributed by atoms with E-state index in [4.69, 9.17) is 16.3 Å². The summed E-state index contributed by atoms with van der Waals surface area (Å²) < 4.78 is 19.3. The maximum atomic E-state index is 14.0. The third-order valence-corrected chi connectivity index (χ3v) is 4.60. The Labute approximate surface area is 158 Å². The van der Waals surface area contributed by atoms with E-state index < -0.39 is 11.7 Å². The number of nitrogens with one attached hydrogen (secondary N) is 1. The zero-order valence-electron chi connectivity index (χ0n) is 15.3. The molecule has 0 unspecified atom stereocenters. The molecule has 2 aromatic carbocycles. The summed E-state index contributed by atoms with van der Waals surface area (Å²) in [4.78, 5) is 14.6. The number of rotatable bonds is 8. The van der Waals surface area contributed by atoms with Gasteiger partial charge in [-0.05, 0) is 49.0 Å². The van der Waals surface area contributed by atoms with Gasteiger partial charge in [0.15, 0.2) is 0 Å². The van der Waals surface area contributed by atoms with Gasteiger partial charge in [-0.2, -0.15) is 0 Å². The minimum atomic E-state index is -0.629. The van der Waals surface area contributed by atoms with Crippen LogP contribution >= 0.6 is 11.6 Å². The number of carbonyl (C=O) groups excluding carboxylic acids is 1. The van der Waals surface area contributed by atoms with E-state index >= 15 is 0 Å². The molecule has 0 saturated heterocycles. The number of hydrogen-bond acceptors (Lipinski definition) is 3. The minimum Gasteiger partial charge on any atom is -0.497 e. The summed E-state index contributed by atoms with van der Waals surface area (Å²) in [7, 11) is 1.62. The number of nitrogens with zero attached hydrogens (tertiary/aromatic N) is 1. The molecular formula is C20H24ClFN2O2. The van der Waals surface area contributed by atoms with E-state index in [9.17, 15) is 9.18 Å². The number of amides is 1. The SMILES string of the molecule is CCN(CC)[C@@H](CNC(=O)c1ccc(Cl)cc1F)c1cccc(OC)c1. The highest BCUT2D eigenvalue weighted by atomic mass is 35.5. The highest BCUT2D eigenvalue weighted by Crippen LogP contribution is 2.24. The third-order valence-electron chi connectivity index (χ3n) is 4.36. The first-order valence-electron chi connectivity index (χ1n) is 8.61. The van der Waals surface area contributed by atoms with Gasteiger partial charge in [0.25, 0.3) is 5.91 Å². The lowest BCUT2D eigenvalue weighted by molar-refractivity contribution is 0.0931. The Kier molecular flexibility index (Phi) is 7.42. The van der Waals surface area contributed by atoms with E-state index in [1.54, 1.807) is 7.11 Å². The van der Waals surface area contributed by atoms with Crippen molar-refractivity contribution in [2.24, 2.45) is 0 Å². The van der Waals surface area contributed by atoms with E-state index in [0.29, 0.717) is 6.54 Å². The van der Waals surface area contributed by atoms with Crippen LogP contribution in [-0.2, 0) is 0 Å². The van der Waals surface area contributed by atoms with Gasteiger partial charge in [-0.3, -0.25) is 9.69 Å². The zero-order chi connectivity index (χ0) is 19.1. The number of methoxy groups -OCH3 is 1. The second-order valence-corrected chi connectivity index (χ2v) is 6.28. The number of benzene rings is 2. The first-order valence-corrected chi connectivity index (χ1v) is 8.99. The van der Waals surface area contributed by atoms with Gasteiger partial charge >= 0.3 is 0 Å². The molecule has 0 radical (unpaired) electrons. The fourth-order valence-electron chi connectivity index (χ4n) is 2.93. The molecule has 0 heterocycles. The summed E-state index contributed by atoms with van der Waals surface area (Å²) in [5.74, 6) is -0.329. The van der Waals surface area contributed by atoms with Crippen molar-refractivity contribution in [3.05, 3.63) is 64.4 Å². The molecule has 0 aliphatic heterocycles. The molecule has 0 aliphatic rings. The van der Waals surface area contributed by atoms with Crippen LogP contribution in [0.3, 0.4) is 0 Å². The molecule has 26 heavy (non-hydrogen) atoms. The fraction of sp³-hybridized carbons (Fsp3) is 0.350. The summed E-state index contributed by atoms with van der Waals surface area (Å²) in [5.41, 5.74) is 1.02. The van der Waals surface area contributed by atoms with Crippen molar-refractivity contribution in [2.75, 3.05) is 26.7 Å². The molecule has 0 aliphatic carbocycles. The van der Waals surface area contributed by atoms with Crippen LogP contribution < -0.4 is 10.1 Å². The Hall–Kier alpha value is -2.11. The van der Waals surface area contributed by atoms with Gasteiger partial charge < -0.3 is 10.1 Å². The minimum absolute atomic E-state index is 0.0154. The molecule has 0 bridgehead atoms. The first kappa shape index (κ1) is 20.2. The maximum absolute atomic E-state index is 14.0. The van der Waals surface area contributed by atoms with Crippen molar-refractivity contribution in [3.8, 4) is 5.75 Å². The zero-order valence-corrected chi connectivity index (χ0v) is 16.0. The lowest BCUT2D eigenvalue weighted by Gasteiger charge is -2.30. The largest absolute Gasteiger partial charge is 0.497 e. The monoisotopic (exact) mass is 378 g/mol. The van der Waals surface area contributed by atoms with Gasteiger partial charge in [0, 0.05) is 11.6 Å². The second-order valence-electron chi connectivity index (χ2n) is 5.85. The molecule has 140 valence electrons. The highest BCUT2D eigenvalue weighted by Gasteiger charge is 2.20. The summed E-state index contributed by atoms with van der Waals surface area (Å²) in [6.07, 6.45) is 0. The highest BCUT2D eigenvalue weighted by molar-refractivity contribution is 6.30. The number of halogens is 2. The molecule has 0 aromatic heterocycles. The number of hydrogen-bond donors (Lipinski definition) is 1. The molecule has 4 nitrogen and oxygen atoms in total. The van der Waals surface area contributed by atoms with Crippen LogP contribution in [0.15, 0.2) is 42.5 Å². The van der Waals surface area contributed by atoms with Gasteiger partial charge in [-0.15, -0.1) is 0 Å². The van der Waals surface area contributed by atoms with Crippen LogP contribution in [0.4, 0.5) is 4.39 Å². The molecule has 0 saturated carbocycles. The molecule has 0 fully saturated rings. The van der Waals surface area contributed by atoms with Crippen LogP contribution in [0.25, 0.3) is 0 Å². The lowest BCUT2D eigenvalue weighted by Crippen LogP contribution is -2.38. The standard InChI is InChI=1S/C20H24ClFN2O2/c1-4-24(5-2)19(14-7-6-8-16(11-14)26-3)13-23-20(25)17-10-9-15(21)12-18(17)22/h6-12,19H,4-5,13H2,1-3H3,(H,23,25)/t19-/m0/s1. The Balaban J connectivity index is 2.19. The van der Waals surface area contributed by atoms with Crippen molar-refractivity contribution in [2.45, 2.75) is 19.9 Å². The first-order chi connectivity index (χ1) is 12.5. The van der Waals surface area contributed by atoms with Crippen molar-refractivity contribution >= 4 is 17.5 Å². The number of likely N-dealkylation sites (N-methyl/N-ethyl adjacent to an activating group) is 1. The van der Waals surface area contributed by atoms with E-state index in [2.05, 4.69) is 24.1 Å². The van der Waals surface area contributed by atoms with Crippen molar-refractivity contribution in [1.82, 2.24) is 10.2 Å². The molecular weight excluding hydrogens is 355 g/mol. The summed E-state index contributed by atoms with van der Waals surface area (Å²) in [6.45, 7) is 6.14. The van der Waals surface area contributed by atoms with E-state index in [-0.39, 0.29) is 16.6 Å². The lowest BCUT2D eigenvalue weighted by atomic mass is 10.0. The van der Waals surface area contributed by atoms with E-state index in [0.717, 1.165) is 30.5 Å². The Morgan fingerprint density at radius 1 is 1.23 bits per heavy atom. The van der Waals surface area contributed by atoms with Crippen LogP contribution in [0.2, 0.25) is 5.02 Å². The molecule has 1 N–H and O–H groups in total. The predicted octanol–water partition coefficient (Wildman–Crippen LogP) is 4.30. The van der Waals surface area contributed by atoms with Crippen molar-refractivity contribution < 1.29 is 13.9 Å². The average molecular weight is 379 g/mol. The molecule has 0 spiro atoms. The molecule has 2 rings (SSSR count). The number of carbonyl (C=O) groups is 1. The van der Waals surface area contributed by atoms with Crippen LogP contribution in [0.1, 0.15) is 35.8 Å². The Morgan fingerprint density at radius 2 is 1.96 bits per heavy atom. The van der Waals surface area contributed by atoms with Crippen molar-refractivity contribution in [3.63, 3.8) is 0 Å². The third kappa shape index (κ3) is 4.96. The molecule has 1 atom stereocenters. The smallest absolute Gasteiger partial charge is 0.254 e. The van der Waals surface area contributed by atoms with Crippen molar-refractivity contribution in [1.29, 1.82) is 0 Å². The van der Waals surface area contributed by atoms with Gasteiger partial charge in [0.1, 0.15) is 11.6 Å². The summed E-state index contributed by atoms with van der Waals surface area (Å²) in [5, 5.41) is 3.10. The average Bonchev–Trinajstić information content (AvgIpc) is 2.65. The summed E-state index contributed by atoms with van der Waals surface area (Å²) >= 11 is 5.75. The number of ether oxygens (including phenoxy) is 1. The Bertz CT molecular complexity index is 750. The molecule has 1 amide bonds. The van der Waals surface area contributed by atoms with Gasteiger partial charge in [-0.25, -0.2) is 4.39 Å². The predicted molar refractivity (Wildman–Crippen MR) is 102 cm³/mol. The van der Waals surface area contributed by atoms with E-state index in [1.165, 1.54) is 12.1 Å².